The minimum absolute atomic E-state index is 0.493. The second kappa shape index (κ2) is 8.79. The molecule has 4 aromatic carbocycles. The summed E-state index contributed by atoms with van der Waals surface area (Å²) in [5.41, 5.74) is 14.7. The van der Waals surface area contributed by atoms with Crippen LogP contribution < -0.4 is 31.5 Å². The highest BCUT2D eigenvalue weighted by Crippen LogP contribution is 2.30. The van der Waals surface area contributed by atoms with Gasteiger partial charge in [0.25, 0.3) is 0 Å². The number of hydrogen-bond donors (Lipinski definition) is 2. The first-order valence-electron chi connectivity index (χ1n) is 9.47. The molecule has 0 amide bonds. The number of nitrogens with zero attached hydrogens (tertiary/aromatic N) is 2. The molecule has 0 spiro atoms. The van der Waals surface area contributed by atoms with Crippen LogP contribution in [0.25, 0.3) is 0 Å². The SMILES string of the molecule is Nc1ccccc1ON(c1ccccc1)N(Oc1ccccc1N)c1ccccc1. The summed E-state index contributed by atoms with van der Waals surface area (Å²) in [6, 6.07) is 33.7. The average molecular weight is 398 g/mol. The van der Waals surface area contributed by atoms with Gasteiger partial charge in [-0.1, -0.05) is 71.0 Å². The van der Waals surface area contributed by atoms with Crippen LogP contribution in [0.2, 0.25) is 0 Å². The Morgan fingerprint density at radius 3 is 1.13 bits per heavy atom. The monoisotopic (exact) mass is 398 g/mol. The third-order valence-electron chi connectivity index (χ3n) is 4.33. The molecule has 150 valence electrons. The van der Waals surface area contributed by atoms with E-state index in [0.29, 0.717) is 22.9 Å². The lowest BCUT2D eigenvalue weighted by Crippen LogP contribution is -2.48. The predicted octanol–water partition coefficient (Wildman–Crippen LogP) is 5.07. The quantitative estimate of drug-likeness (QED) is 0.334. The fourth-order valence-corrected chi connectivity index (χ4v) is 2.81. The first-order valence-corrected chi connectivity index (χ1v) is 9.47. The van der Waals surface area contributed by atoms with Crippen molar-refractivity contribution in [2.24, 2.45) is 0 Å². The number of para-hydroxylation sites is 6. The molecule has 6 nitrogen and oxygen atoms in total. The molecule has 4 rings (SSSR count). The van der Waals surface area contributed by atoms with Gasteiger partial charge in [0.15, 0.2) is 11.5 Å². The van der Waals surface area contributed by atoms with Crippen LogP contribution in [0.4, 0.5) is 22.7 Å². The van der Waals surface area contributed by atoms with Gasteiger partial charge in [-0.05, 0) is 48.5 Å². The standard InChI is InChI=1S/C24H22N4O2/c25-21-15-7-9-17-23(21)29-27(19-11-3-1-4-12-19)28(20-13-5-2-6-14-20)30-24-18-10-8-16-22(24)26/h1-18H,25-26H2. The smallest absolute Gasteiger partial charge is 0.180 e. The molecule has 0 heterocycles. The van der Waals surface area contributed by atoms with Crippen LogP contribution in [0.1, 0.15) is 0 Å². The summed E-state index contributed by atoms with van der Waals surface area (Å²) in [6.45, 7) is 0. The summed E-state index contributed by atoms with van der Waals surface area (Å²) < 4.78 is 0. The van der Waals surface area contributed by atoms with Crippen molar-refractivity contribution in [3.8, 4) is 11.5 Å². The van der Waals surface area contributed by atoms with Gasteiger partial charge in [0.1, 0.15) is 11.4 Å². The van der Waals surface area contributed by atoms with E-state index in [2.05, 4.69) is 0 Å². The number of rotatable bonds is 7. The number of nitrogen functional groups attached to an aromatic ring is 2. The lowest BCUT2D eigenvalue weighted by Gasteiger charge is -2.35. The number of hydrazine groups is 1. The first-order chi connectivity index (χ1) is 14.7. The average Bonchev–Trinajstić information content (AvgIpc) is 2.80. The third-order valence-corrected chi connectivity index (χ3v) is 4.33. The molecule has 4 aromatic rings. The fraction of sp³-hybridized carbons (Fsp3) is 0. The number of hydrogen-bond acceptors (Lipinski definition) is 6. The third kappa shape index (κ3) is 4.23. The minimum atomic E-state index is 0.493. The molecule has 0 saturated carbocycles. The van der Waals surface area contributed by atoms with E-state index in [4.69, 9.17) is 21.1 Å². The lowest BCUT2D eigenvalue weighted by molar-refractivity contribution is 0.152. The van der Waals surface area contributed by atoms with Crippen molar-refractivity contribution in [3.63, 3.8) is 0 Å². The largest absolute Gasteiger partial charge is 0.396 e. The van der Waals surface area contributed by atoms with Gasteiger partial charge in [-0.15, -0.1) is 0 Å². The molecule has 0 bridgehead atoms. The minimum Gasteiger partial charge on any atom is -0.396 e. The van der Waals surface area contributed by atoms with Crippen LogP contribution in [0.5, 0.6) is 11.5 Å². The van der Waals surface area contributed by atoms with Crippen LogP contribution in [0.15, 0.2) is 109 Å². The summed E-state index contributed by atoms with van der Waals surface area (Å²) in [5, 5.41) is 3.07. The molecular formula is C24H22N4O2. The molecule has 0 atom stereocenters. The maximum Gasteiger partial charge on any atom is 0.180 e. The Balaban J connectivity index is 1.80. The van der Waals surface area contributed by atoms with Crippen molar-refractivity contribution in [2.45, 2.75) is 0 Å². The molecule has 0 saturated heterocycles. The summed E-state index contributed by atoms with van der Waals surface area (Å²) in [4.78, 5) is 12.5. The second-order valence-electron chi connectivity index (χ2n) is 6.48. The molecule has 0 aliphatic rings. The lowest BCUT2D eigenvalue weighted by atomic mass is 10.3. The van der Waals surface area contributed by atoms with E-state index in [1.54, 1.807) is 24.3 Å². The highest BCUT2D eigenvalue weighted by Gasteiger charge is 2.23. The van der Waals surface area contributed by atoms with E-state index in [-0.39, 0.29) is 0 Å². The number of anilines is 4. The first kappa shape index (κ1) is 19.0. The van der Waals surface area contributed by atoms with Crippen LogP contribution in [-0.2, 0) is 0 Å². The molecular weight excluding hydrogens is 376 g/mol. The van der Waals surface area contributed by atoms with Crippen LogP contribution in [0, 0.1) is 0 Å². The van der Waals surface area contributed by atoms with Gasteiger partial charge < -0.3 is 21.1 Å². The van der Waals surface area contributed by atoms with E-state index in [1.165, 1.54) is 10.3 Å². The van der Waals surface area contributed by atoms with Gasteiger partial charge in [-0.3, -0.25) is 0 Å². The normalized spacial score (nSPS) is 10.3. The maximum absolute atomic E-state index is 6.23. The molecule has 30 heavy (non-hydrogen) atoms. The predicted molar refractivity (Wildman–Crippen MR) is 121 cm³/mol. The molecule has 0 radical (unpaired) electrons. The summed E-state index contributed by atoms with van der Waals surface area (Å²) in [5.74, 6) is 0.985. The van der Waals surface area contributed by atoms with E-state index < -0.39 is 0 Å². The zero-order chi connectivity index (χ0) is 20.8. The Morgan fingerprint density at radius 2 is 0.767 bits per heavy atom. The van der Waals surface area contributed by atoms with Crippen molar-refractivity contribution in [1.29, 1.82) is 0 Å². The highest BCUT2D eigenvalue weighted by molar-refractivity contribution is 5.59. The van der Waals surface area contributed by atoms with Gasteiger partial charge in [0.05, 0.1) is 11.4 Å². The van der Waals surface area contributed by atoms with Crippen LogP contribution >= 0.6 is 0 Å². The van der Waals surface area contributed by atoms with Crippen molar-refractivity contribution in [3.05, 3.63) is 109 Å². The van der Waals surface area contributed by atoms with Gasteiger partial charge in [0, 0.05) is 0 Å². The summed E-state index contributed by atoms with van der Waals surface area (Å²) in [6.07, 6.45) is 0. The molecule has 0 aliphatic carbocycles. The Morgan fingerprint density at radius 1 is 0.433 bits per heavy atom. The molecule has 0 aromatic heterocycles. The summed E-state index contributed by atoms with van der Waals surface area (Å²) >= 11 is 0. The molecule has 0 aliphatic heterocycles. The van der Waals surface area contributed by atoms with Crippen molar-refractivity contribution in [2.75, 3.05) is 21.8 Å². The highest BCUT2D eigenvalue weighted by atomic mass is 16.8. The Labute approximate surface area is 175 Å². The fourth-order valence-electron chi connectivity index (χ4n) is 2.81. The van der Waals surface area contributed by atoms with E-state index in [0.717, 1.165) is 11.4 Å². The Kier molecular flexibility index (Phi) is 5.57. The summed E-state index contributed by atoms with van der Waals surface area (Å²) in [7, 11) is 0. The van der Waals surface area contributed by atoms with Gasteiger partial charge >= 0.3 is 0 Å². The topological polar surface area (TPSA) is 77.0 Å². The van der Waals surface area contributed by atoms with Gasteiger partial charge in [-0.2, -0.15) is 0 Å². The van der Waals surface area contributed by atoms with E-state index in [1.807, 2.05) is 84.9 Å². The van der Waals surface area contributed by atoms with Crippen molar-refractivity contribution >= 4 is 22.7 Å². The number of nitrogens with two attached hydrogens (primary N) is 2. The van der Waals surface area contributed by atoms with Crippen LogP contribution in [-0.4, -0.2) is 0 Å². The zero-order valence-corrected chi connectivity index (χ0v) is 16.3. The zero-order valence-electron chi connectivity index (χ0n) is 16.3. The second-order valence-corrected chi connectivity index (χ2v) is 6.48. The van der Waals surface area contributed by atoms with E-state index in [9.17, 15) is 0 Å². The van der Waals surface area contributed by atoms with E-state index >= 15 is 0 Å². The molecule has 0 unspecified atom stereocenters. The van der Waals surface area contributed by atoms with Crippen molar-refractivity contribution < 1.29 is 9.68 Å². The molecule has 4 N–H and O–H groups in total. The number of benzene rings is 4. The molecule has 6 heteroatoms. The van der Waals surface area contributed by atoms with Crippen LogP contribution in [0.3, 0.4) is 0 Å². The van der Waals surface area contributed by atoms with Gasteiger partial charge in [-0.25, -0.2) is 0 Å². The van der Waals surface area contributed by atoms with Crippen molar-refractivity contribution in [1.82, 2.24) is 0 Å². The molecule has 0 fully saturated rings. The Hall–Kier alpha value is -4.32. The maximum atomic E-state index is 6.23. The van der Waals surface area contributed by atoms with Gasteiger partial charge in [0.2, 0.25) is 0 Å². The Bertz CT molecular complexity index is 1000.